The van der Waals surface area contributed by atoms with Gasteiger partial charge in [-0.05, 0) is 71.9 Å². The number of thioether (sulfide) groups is 1. The predicted octanol–water partition coefficient (Wildman–Crippen LogP) is 4.90. The van der Waals surface area contributed by atoms with Crippen molar-refractivity contribution in [3.8, 4) is 5.75 Å². The topological polar surface area (TPSA) is 54.8 Å². The van der Waals surface area contributed by atoms with Crippen molar-refractivity contribution in [3.05, 3.63) is 89.6 Å². The minimum absolute atomic E-state index is 0.110. The number of aliphatic imine (C=N–C) groups is 1. The molecule has 2 heterocycles. The lowest BCUT2D eigenvalue weighted by Gasteiger charge is -2.16. The predicted molar refractivity (Wildman–Crippen MR) is 114 cm³/mol. The van der Waals surface area contributed by atoms with E-state index in [0.29, 0.717) is 10.1 Å². The van der Waals surface area contributed by atoms with Gasteiger partial charge >= 0.3 is 0 Å². The highest BCUT2D eigenvalue weighted by Gasteiger charge is 2.34. The smallest absolute Gasteiger partial charge is 0.271 e. The number of amidine groups is 1. The van der Waals surface area contributed by atoms with Gasteiger partial charge in [0.15, 0.2) is 5.17 Å². The van der Waals surface area contributed by atoms with Crippen LogP contribution in [0.1, 0.15) is 5.56 Å². The summed E-state index contributed by atoms with van der Waals surface area (Å²) in [5.41, 5.74) is 2.45. The molecule has 4 rings (SSSR count). The Hall–Kier alpha value is -3.38. The maximum absolute atomic E-state index is 13.2. The zero-order chi connectivity index (χ0) is 19.3. The molecule has 3 aromatic rings. The molecule has 0 N–H and O–H groups in total. The summed E-state index contributed by atoms with van der Waals surface area (Å²) in [4.78, 5) is 24.1. The van der Waals surface area contributed by atoms with Crippen LogP contribution in [0.15, 0.2) is 89.0 Å². The van der Waals surface area contributed by atoms with Crippen LogP contribution in [0.4, 0.5) is 11.4 Å². The Bertz CT molecular complexity index is 1030. The number of hydrogen-bond acceptors (Lipinski definition) is 5. The fourth-order valence-electron chi connectivity index (χ4n) is 2.73. The number of carbonyl (C=O) groups is 1. The molecule has 5 nitrogen and oxygen atoms in total. The van der Waals surface area contributed by atoms with Gasteiger partial charge in [-0.15, -0.1) is 0 Å². The molecule has 0 radical (unpaired) electrons. The van der Waals surface area contributed by atoms with Crippen molar-refractivity contribution in [2.45, 2.75) is 0 Å². The van der Waals surface area contributed by atoms with Gasteiger partial charge in [-0.2, -0.15) is 0 Å². The first kappa shape index (κ1) is 18.0. The van der Waals surface area contributed by atoms with Gasteiger partial charge in [0.05, 0.1) is 23.4 Å². The van der Waals surface area contributed by atoms with Crippen molar-refractivity contribution in [3.63, 3.8) is 0 Å². The summed E-state index contributed by atoms with van der Waals surface area (Å²) < 4.78 is 5.23. The molecule has 1 amide bonds. The minimum atomic E-state index is -0.110. The first-order valence-electron chi connectivity index (χ1n) is 8.66. The number of nitrogens with zero attached hydrogens (tertiary/aromatic N) is 3. The number of para-hydroxylation sites is 1. The number of carbonyl (C=O) groups excluding carboxylic acids is 1. The Balaban J connectivity index is 1.76. The molecular formula is C22H17N3O2S. The van der Waals surface area contributed by atoms with Crippen molar-refractivity contribution in [1.82, 2.24) is 4.98 Å². The molecule has 0 saturated carbocycles. The highest BCUT2D eigenvalue weighted by molar-refractivity contribution is 8.19. The van der Waals surface area contributed by atoms with E-state index in [-0.39, 0.29) is 5.91 Å². The van der Waals surface area contributed by atoms with Crippen LogP contribution in [0, 0.1) is 0 Å². The third-order valence-electron chi connectivity index (χ3n) is 4.12. The Morgan fingerprint density at radius 1 is 1.00 bits per heavy atom. The van der Waals surface area contributed by atoms with Gasteiger partial charge in [-0.1, -0.05) is 18.2 Å². The molecule has 138 valence electrons. The lowest BCUT2D eigenvalue weighted by molar-refractivity contribution is -0.113. The molecule has 2 aromatic carbocycles. The molecule has 1 fully saturated rings. The van der Waals surface area contributed by atoms with Crippen LogP contribution in [-0.2, 0) is 4.79 Å². The van der Waals surface area contributed by atoms with E-state index >= 15 is 0 Å². The van der Waals surface area contributed by atoms with Gasteiger partial charge < -0.3 is 4.74 Å². The van der Waals surface area contributed by atoms with Crippen molar-refractivity contribution in [2.75, 3.05) is 12.0 Å². The van der Waals surface area contributed by atoms with Crippen LogP contribution in [0.25, 0.3) is 6.08 Å². The maximum Gasteiger partial charge on any atom is 0.271 e. The number of ether oxygens (including phenoxy) is 1. The zero-order valence-corrected chi connectivity index (χ0v) is 16.0. The lowest BCUT2D eigenvalue weighted by Crippen LogP contribution is -2.28. The number of hydrogen-bond donors (Lipinski definition) is 0. The van der Waals surface area contributed by atoms with Crippen molar-refractivity contribution in [1.29, 1.82) is 0 Å². The number of amides is 1. The lowest BCUT2D eigenvalue weighted by atomic mass is 10.2. The summed E-state index contributed by atoms with van der Waals surface area (Å²) in [7, 11) is 1.61. The van der Waals surface area contributed by atoms with Crippen LogP contribution >= 0.6 is 11.8 Å². The minimum Gasteiger partial charge on any atom is -0.497 e. The van der Waals surface area contributed by atoms with E-state index in [0.717, 1.165) is 22.7 Å². The molecule has 0 aliphatic carbocycles. The zero-order valence-electron chi connectivity index (χ0n) is 15.1. The average molecular weight is 387 g/mol. The van der Waals surface area contributed by atoms with Gasteiger partial charge in [0.2, 0.25) is 0 Å². The van der Waals surface area contributed by atoms with E-state index in [1.165, 1.54) is 11.8 Å². The van der Waals surface area contributed by atoms with Crippen molar-refractivity contribution >= 4 is 40.3 Å². The molecule has 0 atom stereocenters. The van der Waals surface area contributed by atoms with E-state index in [4.69, 9.17) is 9.73 Å². The third-order valence-corrected chi connectivity index (χ3v) is 5.09. The molecule has 0 spiro atoms. The van der Waals surface area contributed by atoms with Crippen LogP contribution in [0.3, 0.4) is 0 Å². The summed E-state index contributed by atoms with van der Waals surface area (Å²) in [5.74, 6) is 0.624. The summed E-state index contributed by atoms with van der Waals surface area (Å²) in [6, 6.07) is 20.7. The SMILES string of the molecule is COc1ccc(N2C(=O)/C(=C/c3ccncc3)S/C2=N\c2ccccc2)cc1. The molecule has 1 aliphatic heterocycles. The Morgan fingerprint density at radius 2 is 1.71 bits per heavy atom. The molecule has 0 unspecified atom stereocenters. The summed E-state index contributed by atoms with van der Waals surface area (Å²) in [6.45, 7) is 0. The monoisotopic (exact) mass is 387 g/mol. The first-order valence-corrected chi connectivity index (χ1v) is 9.48. The second-order valence-corrected chi connectivity index (χ2v) is 6.97. The van der Waals surface area contributed by atoms with E-state index in [1.807, 2.05) is 72.8 Å². The number of rotatable bonds is 4. The summed E-state index contributed by atoms with van der Waals surface area (Å²) in [6.07, 6.45) is 5.27. The van der Waals surface area contributed by atoms with Crippen LogP contribution in [0.5, 0.6) is 5.75 Å². The number of aromatic nitrogens is 1. The molecule has 28 heavy (non-hydrogen) atoms. The fourth-order valence-corrected chi connectivity index (χ4v) is 3.73. The number of benzene rings is 2. The highest BCUT2D eigenvalue weighted by atomic mass is 32.2. The number of anilines is 1. The van der Waals surface area contributed by atoms with Crippen LogP contribution in [-0.4, -0.2) is 23.2 Å². The van der Waals surface area contributed by atoms with Gasteiger partial charge in [0, 0.05) is 12.4 Å². The molecule has 1 saturated heterocycles. The second kappa shape index (κ2) is 8.10. The van der Waals surface area contributed by atoms with E-state index in [9.17, 15) is 4.79 Å². The Morgan fingerprint density at radius 3 is 2.39 bits per heavy atom. The average Bonchev–Trinajstić information content (AvgIpc) is 3.04. The van der Waals surface area contributed by atoms with Crippen LogP contribution in [0.2, 0.25) is 0 Å². The van der Waals surface area contributed by atoms with E-state index in [2.05, 4.69) is 4.98 Å². The Kier molecular flexibility index (Phi) is 5.21. The number of methoxy groups -OCH3 is 1. The van der Waals surface area contributed by atoms with Gasteiger partial charge in [-0.3, -0.25) is 14.7 Å². The van der Waals surface area contributed by atoms with E-state index < -0.39 is 0 Å². The van der Waals surface area contributed by atoms with Gasteiger partial charge in [0.1, 0.15) is 5.75 Å². The summed E-state index contributed by atoms with van der Waals surface area (Å²) in [5, 5.41) is 0.613. The molecule has 0 bridgehead atoms. The Labute approximate surface area is 167 Å². The van der Waals surface area contributed by atoms with Gasteiger partial charge in [-0.25, -0.2) is 4.99 Å². The molecule has 6 heteroatoms. The maximum atomic E-state index is 13.2. The first-order chi connectivity index (χ1) is 13.7. The quantitative estimate of drug-likeness (QED) is 0.598. The molecule has 1 aromatic heterocycles. The molecule has 1 aliphatic rings. The van der Waals surface area contributed by atoms with Crippen LogP contribution < -0.4 is 9.64 Å². The standard InChI is InChI=1S/C22H17N3O2S/c1-27-19-9-7-18(8-10-19)25-21(26)20(15-16-11-13-23-14-12-16)28-22(25)24-17-5-3-2-4-6-17/h2-15H,1H3/b20-15-,24-22-. The van der Waals surface area contributed by atoms with Gasteiger partial charge in [0.25, 0.3) is 5.91 Å². The van der Waals surface area contributed by atoms with Crippen molar-refractivity contribution in [2.24, 2.45) is 4.99 Å². The number of pyridine rings is 1. The highest BCUT2D eigenvalue weighted by Crippen LogP contribution is 2.37. The second-order valence-electron chi connectivity index (χ2n) is 5.96. The third kappa shape index (κ3) is 3.82. The summed E-state index contributed by atoms with van der Waals surface area (Å²) >= 11 is 1.36. The van der Waals surface area contributed by atoms with Crippen molar-refractivity contribution < 1.29 is 9.53 Å². The largest absolute Gasteiger partial charge is 0.497 e. The molecular weight excluding hydrogens is 370 g/mol. The normalized spacial score (nSPS) is 16.8. The fraction of sp³-hybridized carbons (Fsp3) is 0.0455. The van der Waals surface area contributed by atoms with E-state index in [1.54, 1.807) is 24.4 Å².